The fourth-order valence-corrected chi connectivity index (χ4v) is 1.76. The summed E-state index contributed by atoms with van der Waals surface area (Å²) < 4.78 is 5.17. The first-order valence-electron chi connectivity index (χ1n) is 3.66. The lowest BCUT2D eigenvalue weighted by Gasteiger charge is -2.25. The molecule has 2 nitrogen and oxygen atoms in total. The van der Waals surface area contributed by atoms with Gasteiger partial charge in [-0.05, 0) is 18.8 Å². The summed E-state index contributed by atoms with van der Waals surface area (Å²) in [6, 6.07) is 0. The monoisotopic (exact) mass is 208 g/mol. The van der Waals surface area contributed by atoms with Gasteiger partial charge >= 0.3 is 0 Å². The Balaban J connectivity index is 2.24. The first kappa shape index (κ1) is 8.50. The molecule has 3 heteroatoms. The molecular weight excluding hydrogens is 196 g/mol. The second kappa shape index (κ2) is 4.31. The summed E-state index contributed by atoms with van der Waals surface area (Å²) in [4.78, 5) is 0. The van der Waals surface area contributed by atoms with Gasteiger partial charge in [0.1, 0.15) is 0 Å². The lowest BCUT2D eigenvalue weighted by Crippen LogP contribution is -2.28. The summed E-state index contributed by atoms with van der Waals surface area (Å²) in [7, 11) is 0. The predicted octanol–water partition coefficient (Wildman–Crippen LogP) is 1.17. The number of halogens is 1. The van der Waals surface area contributed by atoms with E-state index in [0.717, 1.165) is 26.1 Å². The molecule has 60 valence electrons. The molecule has 0 aromatic rings. The Morgan fingerprint density at radius 2 is 2.10 bits per heavy atom. The smallest absolute Gasteiger partial charge is 0.0666 e. The highest BCUT2D eigenvalue weighted by molar-refractivity contribution is 9.09. The zero-order valence-electron chi connectivity index (χ0n) is 5.92. The highest BCUT2D eigenvalue weighted by Crippen LogP contribution is 2.19. The van der Waals surface area contributed by atoms with Crippen LogP contribution in [0.2, 0.25) is 0 Å². The van der Waals surface area contributed by atoms with Gasteiger partial charge in [0.25, 0.3) is 0 Å². The van der Waals surface area contributed by atoms with Gasteiger partial charge in [-0.1, -0.05) is 15.9 Å². The molecule has 1 saturated heterocycles. The van der Waals surface area contributed by atoms with E-state index in [1.807, 2.05) is 0 Å². The van der Waals surface area contributed by atoms with Gasteiger partial charge in [-0.2, -0.15) is 0 Å². The maximum atomic E-state index is 9.38. The van der Waals surface area contributed by atoms with Crippen LogP contribution in [0.4, 0.5) is 0 Å². The van der Waals surface area contributed by atoms with Crippen molar-refractivity contribution in [2.75, 3.05) is 18.5 Å². The van der Waals surface area contributed by atoms with Crippen LogP contribution in [0.5, 0.6) is 0 Å². The molecule has 1 rings (SSSR count). The summed E-state index contributed by atoms with van der Waals surface area (Å²) in [5, 5.41) is 10.1. The summed E-state index contributed by atoms with van der Waals surface area (Å²) in [5.41, 5.74) is 0. The van der Waals surface area contributed by atoms with E-state index in [1.165, 1.54) is 0 Å². The van der Waals surface area contributed by atoms with Crippen LogP contribution in [0.25, 0.3) is 0 Å². The summed E-state index contributed by atoms with van der Waals surface area (Å²) in [5.74, 6) is 0.452. The largest absolute Gasteiger partial charge is 0.392 e. The first-order chi connectivity index (χ1) is 4.84. The SMILES string of the molecule is O[C@@H](CBr)C1CCOCC1. The Labute approximate surface area is 69.7 Å². The van der Waals surface area contributed by atoms with Crippen LogP contribution in [-0.2, 0) is 4.74 Å². The summed E-state index contributed by atoms with van der Waals surface area (Å²) in [6.07, 6.45) is 1.84. The van der Waals surface area contributed by atoms with Crippen LogP contribution in [0.15, 0.2) is 0 Å². The van der Waals surface area contributed by atoms with Crippen molar-refractivity contribution in [1.82, 2.24) is 0 Å². The molecule has 0 amide bonds. The van der Waals surface area contributed by atoms with Crippen molar-refractivity contribution in [3.8, 4) is 0 Å². The van der Waals surface area contributed by atoms with Gasteiger partial charge < -0.3 is 9.84 Å². The van der Waals surface area contributed by atoms with Crippen LogP contribution in [-0.4, -0.2) is 29.8 Å². The molecule has 0 unspecified atom stereocenters. The number of alkyl halides is 1. The molecule has 1 fully saturated rings. The van der Waals surface area contributed by atoms with Gasteiger partial charge in [0, 0.05) is 18.5 Å². The Morgan fingerprint density at radius 3 is 2.60 bits per heavy atom. The molecule has 0 bridgehead atoms. The number of aliphatic hydroxyl groups excluding tert-OH is 1. The maximum absolute atomic E-state index is 9.38. The van der Waals surface area contributed by atoms with Crippen LogP contribution in [0.1, 0.15) is 12.8 Å². The van der Waals surface area contributed by atoms with Crippen molar-refractivity contribution in [3.63, 3.8) is 0 Å². The number of aliphatic hydroxyl groups is 1. The Hall–Kier alpha value is 0.400. The van der Waals surface area contributed by atoms with Crippen LogP contribution in [0, 0.1) is 5.92 Å². The van der Waals surface area contributed by atoms with Gasteiger partial charge in [-0.15, -0.1) is 0 Å². The van der Waals surface area contributed by atoms with Crippen molar-refractivity contribution in [1.29, 1.82) is 0 Å². The second-order valence-corrected chi connectivity index (χ2v) is 3.32. The van der Waals surface area contributed by atoms with Crippen molar-refractivity contribution in [2.45, 2.75) is 18.9 Å². The third kappa shape index (κ3) is 2.22. The molecule has 1 N–H and O–H groups in total. The standard InChI is InChI=1S/C7H13BrO2/c8-5-7(9)6-1-3-10-4-2-6/h6-7,9H,1-5H2/t7-/m0/s1. The van der Waals surface area contributed by atoms with Crippen LogP contribution >= 0.6 is 15.9 Å². The van der Waals surface area contributed by atoms with E-state index < -0.39 is 0 Å². The maximum Gasteiger partial charge on any atom is 0.0666 e. The molecule has 0 aliphatic carbocycles. The molecule has 1 heterocycles. The quantitative estimate of drug-likeness (QED) is 0.691. The molecule has 0 radical (unpaired) electrons. The minimum absolute atomic E-state index is 0.177. The predicted molar refractivity (Wildman–Crippen MR) is 43.3 cm³/mol. The van der Waals surface area contributed by atoms with E-state index in [9.17, 15) is 5.11 Å². The number of hydrogen-bond donors (Lipinski definition) is 1. The average molecular weight is 209 g/mol. The molecule has 0 aromatic heterocycles. The molecule has 1 aliphatic heterocycles. The number of ether oxygens (including phenoxy) is 1. The van der Waals surface area contributed by atoms with E-state index in [2.05, 4.69) is 15.9 Å². The van der Waals surface area contributed by atoms with E-state index in [4.69, 9.17) is 4.74 Å². The van der Waals surface area contributed by atoms with E-state index in [0.29, 0.717) is 11.2 Å². The minimum Gasteiger partial charge on any atom is -0.392 e. The average Bonchev–Trinajstić information content (AvgIpc) is 2.05. The van der Waals surface area contributed by atoms with Gasteiger partial charge in [0.2, 0.25) is 0 Å². The lowest BCUT2D eigenvalue weighted by atomic mass is 9.95. The molecule has 0 aromatic carbocycles. The zero-order chi connectivity index (χ0) is 7.40. The highest BCUT2D eigenvalue weighted by Gasteiger charge is 2.20. The van der Waals surface area contributed by atoms with E-state index in [-0.39, 0.29) is 6.10 Å². The van der Waals surface area contributed by atoms with Crippen molar-refractivity contribution < 1.29 is 9.84 Å². The van der Waals surface area contributed by atoms with Crippen LogP contribution < -0.4 is 0 Å². The lowest BCUT2D eigenvalue weighted by molar-refractivity contribution is 0.0173. The molecule has 0 saturated carbocycles. The second-order valence-electron chi connectivity index (χ2n) is 2.67. The third-order valence-corrected chi connectivity index (χ3v) is 2.63. The number of hydrogen-bond acceptors (Lipinski definition) is 2. The van der Waals surface area contributed by atoms with Crippen molar-refractivity contribution in [2.24, 2.45) is 5.92 Å². The molecule has 10 heavy (non-hydrogen) atoms. The fourth-order valence-electron chi connectivity index (χ4n) is 1.23. The topological polar surface area (TPSA) is 29.5 Å². The molecule has 0 spiro atoms. The fraction of sp³-hybridized carbons (Fsp3) is 1.00. The van der Waals surface area contributed by atoms with Crippen LogP contribution in [0.3, 0.4) is 0 Å². The molecular formula is C7H13BrO2. The van der Waals surface area contributed by atoms with Crippen molar-refractivity contribution >= 4 is 15.9 Å². The Bertz CT molecular complexity index is 91.6. The highest BCUT2D eigenvalue weighted by atomic mass is 79.9. The van der Waals surface area contributed by atoms with Gasteiger partial charge in [0.15, 0.2) is 0 Å². The minimum atomic E-state index is -0.177. The zero-order valence-corrected chi connectivity index (χ0v) is 7.51. The summed E-state index contributed by atoms with van der Waals surface area (Å²) in [6.45, 7) is 1.63. The Morgan fingerprint density at radius 1 is 1.50 bits per heavy atom. The summed E-state index contributed by atoms with van der Waals surface area (Å²) >= 11 is 3.26. The van der Waals surface area contributed by atoms with Gasteiger partial charge in [-0.25, -0.2) is 0 Å². The van der Waals surface area contributed by atoms with Crippen molar-refractivity contribution in [3.05, 3.63) is 0 Å². The molecule has 1 aliphatic rings. The normalized spacial score (nSPS) is 24.6. The molecule has 1 atom stereocenters. The van der Waals surface area contributed by atoms with E-state index in [1.54, 1.807) is 0 Å². The Kier molecular flexibility index (Phi) is 3.66. The third-order valence-electron chi connectivity index (χ3n) is 1.97. The first-order valence-corrected chi connectivity index (χ1v) is 4.78. The van der Waals surface area contributed by atoms with Gasteiger partial charge in [-0.3, -0.25) is 0 Å². The number of rotatable bonds is 2. The van der Waals surface area contributed by atoms with E-state index >= 15 is 0 Å². The van der Waals surface area contributed by atoms with Gasteiger partial charge in [0.05, 0.1) is 6.10 Å².